The van der Waals surface area contributed by atoms with Crippen molar-refractivity contribution >= 4 is 51.7 Å². The molecule has 3 aromatic carbocycles. The van der Waals surface area contributed by atoms with E-state index in [-0.39, 0.29) is 11.8 Å². The summed E-state index contributed by atoms with van der Waals surface area (Å²) < 4.78 is 17.1. The molecule has 0 aliphatic carbocycles. The van der Waals surface area contributed by atoms with E-state index in [1.54, 1.807) is 37.4 Å². The number of thiophene rings is 1. The molecule has 1 N–H and O–H groups in total. The average molecular weight is 518 g/mol. The molecule has 5 aromatic rings. The van der Waals surface area contributed by atoms with Gasteiger partial charge >= 0.3 is 5.97 Å². The number of hydrogen-bond donors (Lipinski definition) is 1. The van der Waals surface area contributed by atoms with Crippen LogP contribution in [0.2, 0.25) is 5.02 Å². The van der Waals surface area contributed by atoms with Gasteiger partial charge in [-0.3, -0.25) is 14.9 Å². The molecule has 0 radical (unpaired) electrons. The van der Waals surface area contributed by atoms with Crippen LogP contribution in [0.1, 0.15) is 17.3 Å². The third kappa shape index (κ3) is 4.71. The van der Waals surface area contributed by atoms with E-state index in [0.29, 0.717) is 32.9 Å². The van der Waals surface area contributed by atoms with E-state index in [9.17, 15) is 9.59 Å². The largest absolute Gasteiger partial charge is 0.497 e. The van der Waals surface area contributed by atoms with Gasteiger partial charge in [0.25, 0.3) is 5.91 Å². The molecule has 180 valence electrons. The van der Waals surface area contributed by atoms with Crippen molar-refractivity contribution in [3.8, 4) is 33.1 Å². The van der Waals surface area contributed by atoms with Crippen molar-refractivity contribution < 1.29 is 23.5 Å². The van der Waals surface area contributed by atoms with Crippen LogP contribution in [-0.4, -0.2) is 19.0 Å². The number of amides is 1. The molecule has 0 fully saturated rings. The molecule has 6 nitrogen and oxygen atoms in total. The van der Waals surface area contributed by atoms with Gasteiger partial charge < -0.3 is 13.9 Å². The Morgan fingerprint density at radius 3 is 2.44 bits per heavy atom. The van der Waals surface area contributed by atoms with Crippen LogP contribution in [0, 0.1) is 0 Å². The van der Waals surface area contributed by atoms with Gasteiger partial charge in [0, 0.05) is 22.4 Å². The summed E-state index contributed by atoms with van der Waals surface area (Å²) in [7, 11) is 1.61. The van der Waals surface area contributed by atoms with Gasteiger partial charge in [-0.2, -0.15) is 0 Å². The van der Waals surface area contributed by atoms with Gasteiger partial charge in [0.05, 0.1) is 18.1 Å². The Labute approximate surface area is 216 Å². The molecule has 36 heavy (non-hydrogen) atoms. The van der Waals surface area contributed by atoms with E-state index in [2.05, 4.69) is 5.32 Å². The molecule has 8 heteroatoms. The minimum atomic E-state index is -0.467. The maximum Gasteiger partial charge on any atom is 0.308 e. The number of furan rings is 1. The molecule has 5 rings (SSSR count). The Bertz CT molecular complexity index is 1570. The monoisotopic (exact) mass is 517 g/mol. The summed E-state index contributed by atoms with van der Waals surface area (Å²) >= 11 is 7.55. The van der Waals surface area contributed by atoms with E-state index in [1.165, 1.54) is 18.3 Å². The van der Waals surface area contributed by atoms with Crippen LogP contribution < -0.4 is 14.8 Å². The lowest BCUT2D eigenvalue weighted by Gasteiger charge is -2.09. The Morgan fingerprint density at radius 2 is 1.78 bits per heavy atom. The topological polar surface area (TPSA) is 77.8 Å². The predicted molar refractivity (Wildman–Crippen MR) is 142 cm³/mol. The van der Waals surface area contributed by atoms with E-state index in [0.717, 1.165) is 21.8 Å². The number of ether oxygens (including phenoxy) is 2. The Hall–Kier alpha value is -4.07. The lowest BCUT2D eigenvalue weighted by molar-refractivity contribution is -0.131. The fourth-order valence-corrected chi connectivity index (χ4v) is 4.89. The molecule has 0 saturated carbocycles. The molecular weight excluding hydrogens is 498 g/mol. The first kappa shape index (κ1) is 23.7. The molecule has 0 spiro atoms. The molecule has 0 aliphatic heterocycles. The van der Waals surface area contributed by atoms with E-state index in [4.69, 9.17) is 25.5 Å². The van der Waals surface area contributed by atoms with E-state index < -0.39 is 5.97 Å². The molecule has 0 bridgehead atoms. The van der Waals surface area contributed by atoms with Crippen molar-refractivity contribution in [1.82, 2.24) is 0 Å². The second-order valence-corrected chi connectivity index (χ2v) is 9.30. The van der Waals surface area contributed by atoms with Crippen LogP contribution in [0.4, 0.5) is 5.88 Å². The number of hydrogen-bond acceptors (Lipinski definition) is 6. The van der Waals surface area contributed by atoms with Crippen LogP contribution in [-0.2, 0) is 4.79 Å². The minimum Gasteiger partial charge on any atom is -0.497 e. The van der Waals surface area contributed by atoms with Gasteiger partial charge in [0.2, 0.25) is 5.88 Å². The standard InChI is InChI=1S/C28H20ClNO5S/c1-16(31)34-22-14-19(17-8-10-21(33-2)11-9-17)15-23-25(22)26(24-7-4-12-36-24)28(35-23)30-27(32)18-5-3-6-20(29)13-18/h3-15H,1-2H3,(H,30,32). The number of rotatable bonds is 6. The average Bonchev–Trinajstić information content (AvgIpc) is 3.51. The number of benzene rings is 3. The lowest BCUT2D eigenvalue weighted by atomic mass is 10.0. The van der Waals surface area contributed by atoms with E-state index in [1.807, 2.05) is 47.8 Å². The first-order chi connectivity index (χ1) is 17.4. The maximum absolute atomic E-state index is 13.1. The highest BCUT2D eigenvalue weighted by Crippen LogP contribution is 2.46. The third-order valence-electron chi connectivity index (χ3n) is 5.51. The van der Waals surface area contributed by atoms with Crippen LogP contribution in [0.25, 0.3) is 32.5 Å². The van der Waals surface area contributed by atoms with Crippen LogP contribution in [0.15, 0.2) is 82.6 Å². The highest BCUT2D eigenvalue weighted by atomic mass is 35.5. The van der Waals surface area contributed by atoms with Gasteiger partial charge in [0.15, 0.2) is 0 Å². The predicted octanol–water partition coefficient (Wildman–Crippen LogP) is 7.67. The van der Waals surface area contributed by atoms with Crippen molar-refractivity contribution in [3.05, 3.63) is 88.8 Å². The number of fused-ring (bicyclic) bond motifs is 1. The number of nitrogens with one attached hydrogen (secondary N) is 1. The summed E-state index contributed by atoms with van der Waals surface area (Å²) in [5.74, 6) is 0.466. The first-order valence-electron chi connectivity index (χ1n) is 11.0. The van der Waals surface area contributed by atoms with Gasteiger partial charge in [-0.1, -0.05) is 35.9 Å². The molecule has 0 atom stereocenters. The minimum absolute atomic E-state index is 0.248. The molecule has 1 amide bonds. The third-order valence-corrected chi connectivity index (χ3v) is 6.64. The first-order valence-corrected chi connectivity index (χ1v) is 12.2. The van der Waals surface area contributed by atoms with Gasteiger partial charge in [-0.25, -0.2) is 0 Å². The summed E-state index contributed by atoms with van der Waals surface area (Å²) in [4.78, 5) is 25.9. The highest BCUT2D eigenvalue weighted by molar-refractivity contribution is 7.13. The number of anilines is 1. The van der Waals surface area contributed by atoms with Crippen molar-refractivity contribution in [1.29, 1.82) is 0 Å². The van der Waals surface area contributed by atoms with Crippen LogP contribution in [0.5, 0.6) is 11.5 Å². The van der Waals surface area contributed by atoms with Crippen molar-refractivity contribution in [3.63, 3.8) is 0 Å². The second kappa shape index (κ2) is 9.89. The molecule has 0 aliphatic rings. The summed E-state index contributed by atoms with van der Waals surface area (Å²) in [6, 6.07) is 21.6. The van der Waals surface area contributed by atoms with Crippen LogP contribution in [0.3, 0.4) is 0 Å². The zero-order valence-corrected chi connectivity index (χ0v) is 20.9. The Balaban J connectivity index is 1.69. The smallest absolute Gasteiger partial charge is 0.308 e. The Morgan fingerprint density at radius 1 is 0.972 bits per heavy atom. The zero-order valence-electron chi connectivity index (χ0n) is 19.3. The number of esters is 1. The summed E-state index contributed by atoms with van der Waals surface area (Å²) in [5.41, 5.74) is 3.14. The number of methoxy groups -OCH3 is 1. The van der Waals surface area contributed by atoms with Gasteiger partial charge in [-0.15, -0.1) is 11.3 Å². The fourth-order valence-electron chi connectivity index (χ4n) is 3.93. The number of halogens is 1. The molecule has 2 heterocycles. The van der Waals surface area contributed by atoms with Crippen molar-refractivity contribution in [2.24, 2.45) is 0 Å². The maximum atomic E-state index is 13.1. The number of carbonyl (C=O) groups excluding carboxylic acids is 2. The number of carbonyl (C=O) groups is 2. The van der Waals surface area contributed by atoms with Gasteiger partial charge in [-0.05, 0) is 65.0 Å². The Kier molecular flexibility index (Phi) is 6.50. The molecule has 0 saturated heterocycles. The summed E-state index contributed by atoms with van der Waals surface area (Å²) in [6.07, 6.45) is 0. The highest BCUT2D eigenvalue weighted by Gasteiger charge is 2.24. The van der Waals surface area contributed by atoms with Crippen molar-refractivity contribution in [2.45, 2.75) is 6.92 Å². The second-order valence-electron chi connectivity index (χ2n) is 7.92. The molecule has 0 unspecified atom stereocenters. The zero-order chi connectivity index (χ0) is 25.2. The van der Waals surface area contributed by atoms with Crippen molar-refractivity contribution in [2.75, 3.05) is 12.4 Å². The summed E-state index contributed by atoms with van der Waals surface area (Å²) in [6.45, 7) is 1.35. The quantitative estimate of drug-likeness (QED) is 0.185. The SMILES string of the molecule is COc1ccc(-c2cc(OC(C)=O)c3c(-c4cccs4)c(NC(=O)c4cccc(Cl)c4)oc3c2)cc1. The molecule has 2 aromatic heterocycles. The van der Waals surface area contributed by atoms with E-state index >= 15 is 0 Å². The van der Waals surface area contributed by atoms with Gasteiger partial charge in [0.1, 0.15) is 17.1 Å². The fraction of sp³-hybridized carbons (Fsp3) is 0.0714. The normalized spacial score (nSPS) is 10.9. The summed E-state index contributed by atoms with van der Waals surface area (Å²) in [5, 5.41) is 5.84. The molecular formula is C28H20ClNO5S. The lowest BCUT2D eigenvalue weighted by Crippen LogP contribution is -2.11. The van der Waals surface area contributed by atoms with Crippen LogP contribution >= 0.6 is 22.9 Å².